The van der Waals surface area contributed by atoms with Crippen molar-refractivity contribution in [3.63, 3.8) is 0 Å². The average Bonchev–Trinajstić information content (AvgIpc) is 2.46. The summed E-state index contributed by atoms with van der Waals surface area (Å²) in [5.74, 6) is 0.261. The van der Waals surface area contributed by atoms with Crippen LogP contribution in [0.4, 0.5) is 0 Å². The second-order valence-electron chi connectivity index (χ2n) is 6.30. The molecular formula is C16H30N2O. The zero-order valence-corrected chi connectivity index (χ0v) is 12.3. The van der Waals surface area contributed by atoms with Gasteiger partial charge < -0.3 is 10.6 Å². The Balaban J connectivity index is 1.48. The minimum atomic E-state index is 0.261. The Kier molecular flexibility index (Phi) is 6.69. The molecule has 0 bridgehead atoms. The standard InChI is InChI=1S/C16H30N2O/c19-16(18-15-10-5-2-6-11-15)12-7-13-17-14-8-3-1-4-9-14/h14-15,17H,1-13H2,(H,18,19). The molecule has 2 aliphatic carbocycles. The molecule has 0 unspecified atom stereocenters. The van der Waals surface area contributed by atoms with E-state index in [-0.39, 0.29) is 5.91 Å². The molecule has 3 nitrogen and oxygen atoms in total. The second-order valence-corrected chi connectivity index (χ2v) is 6.30. The van der Waals surface area contributed by atoms with E-state index < -0.39 is 0 Å². The third-order valence-corrected chi connectivity index (χ3v) is 4.59. The molecule has 2 rings (SSSR count). The number of hydrogen-bond acceptors (Lipinski definition) is 2. The average molecular weight is 266 g/mol. The molecule has 2 N–H and O–H groups in total. The number of nitrogens with one attached hydrogen (secondary N) is 2. The Morgan fingerprint density at radius 1 is 0.842 bits per heavy atom. The van der Waals surface area contributed by atoms with Gasteiger partial charge in [-0.3, -0.25) is 4.79 Å². The van der Waals surface area contributed by atoms with Crippen LogP contribution in [0.3, 0.4) is 0 Å². The van der Waals surface area contributed by atoms with E-state index >= 15 is 0 Å². The molecule has 0 atom stereocenters. The van der Waals surface area contributed by atoms with Gasteiger partial charge in [0.25, 0.3) is 0 Å². The summed E-state index contributed by atoms with van der Waals surface area (Å²) in [6.45, 7) is 1.00. The van der Waals surface area contributed by atoms with E-state index in [9.17, 15) is 4.79 Å². The fourth-order valence-electron chi connectivity index (χ4n) is 3.41. The van der Waals surface area contributed by atoms with Gasteiger partial charge in [0.05, 0.1) is 0 Å². The van der Waals surface area contributed by atoms with Gasteiger partial charge in [-0.2, -0.15) is 0 Å². The van der Waals surface area contributed by atoms with Gasteiger partial charge in [0, 0.05) is 18.5 Å². The SMILES string of the molecule is O=C(CCCNC1CCCCC1)NC1CCCCC1. The lowest BCUT2D eigenvalue weighted by molar-refractivity contribution is -0.122. The van der Waals surface area contributed by atoms with Gasteiger partial charge in [-0.1, -0.05) is 38.5 Å². The first kappa shape index (κ1) is 14.8. The molecule has 3 heteroatoms. The highest BCUT2D eigenvalue weighted by Gasteiger charge is 2.15. The van der Waals surface area contributed by atoms with Crippen molar-refractivity contribution in [2.75, 3.05) is 6.54 Å². The topological polar surface area (TPSA) is 41.1 Å². The number of carbonyl (C=O) groups is 1. The van der Waals surface area contributed by atoms with Crippen molar-refractivity contribution in [3.05, 3.63) is 0 Å². The van der Waals surface area contributed by atoms with Crippen molar-refractivity contribution in [2.45, 2.75) is 89.1 Å². The molecule has 0 spiro atoms. The maximum Gasteiger partial charge on any atom is 0.220 e. The molecule has 0 aliphatic heterocycles. The highest BCUT2D eigenvalue weighted by Crippen LogP contribution is 2.18. The maximum absolute atomic E-state index is 11.8. The summed E-state index contributed by atoms with van der Waals surface area (Å²) in [7, 11) is 0. The van der Waals surface area contributed by atoms with Crippen LogP contribution in [0.5, 0.6) is 0 Å². The summed E-state index contributed by atoms with van der Waals surface area (Å²) in [4.78, 5) is 11.8. The predicted molar refractivity (Wildman–Crippen MR) is 79.1 cm³/mol. The summed E-state index contributed by atoms with van der Waals surface area (Å²) in [5.41, 5.74) is 0. The monoisotopic (exact) mass is 266 g/mol. The first-order chi connectivity index (χ1) is 9.34. The van der Waals surface area contributed by atoms with Crippen LogP contribution in [0.15, 0.2) is 0 Å². The normalized spacial score (nSPS) is 22.3. The summed E-state index contributed by atoms with van der Waals surface area (Å²) in [6.07, 6.45) is 14.8. The molecular weight excluding hydrogens is 236 g/mol. The number of rotatable bonds is 6. The zero-order valence-electron chi connectivity index (χ0n) is 12.3. The lowest BCUT2D eigenvalue weighted by Crippen LogP contribution is -2.37. The van der Waals surface area contributed by atoms with Gasteiger partial charge in [-0.25, -0.2) is 0 Å². The van der Waals surface area contributed by atoms with E-state index in [1.165, 1.54) is 64.2 Å². The van der Waals surface area contributed by atoms with Crippen LogP contribution in [0.1, 0.15) is 77.0 Å². The molecule has 0 radical (unpaired) electrons. The van der Waals surface area contributed by atoms with Gasteiger partial charge >= 0.3 is 0 Å². The molecule has 1 amide bonds. The molecule has 0 aromatic rings. The number of carbonyl (C=O) groups excluding carboxylic acids is 1. The van der Waals surface area contributed by atoms with Crippen molar-refractivity contribution in [1.82, 2.24) is 10.6 Å². The largest absolute Gasteiger partial charge is 0.353 e. The van der Waals surface area contributed by atoms with Crippen LogP contribution in [0.25, 0.3) is 0 Å². The molecule has 0 aromatic carbocycles. The van der Waals surface area contributed by atoms with E-state index in [2.05, 4.69) is 10.6 Å². The van der Waals surface area contributed by atoms with Crippen LogP contribution in [-0.2, 0) is 4.79 Å². The summed E-state index contributed by atoms with van der Waals surface area (Å²) in [6, 6.07) is 1.18. The quantitative estimate of drug-likeness (QED) is 0.725. The van der Waals surface area contributed by atoms with E-state index in [1.54, 1.807) is 0 Å². The lowest BCUT2D eigenvalue weighted by Gasteiger charge is -2.24. The number of amides is 1. The first-order valence-electron chi connectivity index (χ1n) is 8.37. The molecule has 0 heterocycles. The summed E-state index contributed by atoms with van der Waals surface area (Å²) in [5, 5.41) is 6.79. The van der Waals surface area contributed by atoms with Gasteiger partial charge in [0.15, 0.2) is 0 Å². The van der Waals surface area contributed by atoms with Crippen molar-refractivity contribution >= 4 is 5.91 Å². The Morgan fingerprint density at radius 2 is 1.42 bits per heavy atom. The summed E-state index contributed by atoms with van der Waals surface area (Å²) < 4.78 is 0. The molecule has 2 aliphatic rings. The van der Waals surface area contributed by atoms with Crippen molar-refractivity contribution in [1.29, 1.82) is 0 Å². The van der Waals surface area contributed by atoms with Crippen LogP contribution < -0.4 is 10.6 Å². The highest BCUT2D eigenvalue weighted by molar-refractivity contribution is 5.76. The van der Waals surface area contributed by atoms with Crippen LogP contribution >= 0.6 is 0 Å². The zero-order chi connectivity index (χ0) is 13.3. The predicted octanol–water partition coefficient (Wildman–Crippen LogP) is 3.14. The Hall–Kier alpha value is -0.570. The third kappa shape index (κ3) is 5.94. The van der Waals surface area contributed by atoms with Crippen molar-refractivity contribution in [3.8, 4) is 0 Å². The molecule has 2 fully saturated rings. The van der Waals surface area contributed by atoms with Crippen molar-refractivity contribution in [2.24, 2.45) is 0 Å². The van der Waals surface area contributed by atoms with Gasteiger partial charge in [0.2, 0.25) is 5.91 Å². The van der Waals surface area contributed by atoms with Crippen LogP contribution in [0, 0.1) is 0 Å². The Morgan fingerprint density at radius 3 is 2.05 bits per heavy atom. The molecule has 19 heavy (non-hydrogen) atoms. The fraction of sp³-hybridized carbons (Fsp3) is 0.938. The van der Waals surface area contributed by atoms with Crippen molar-refractivity contribution < 1.29 is 4.79 Å². The minimum absolute atomic E-state index is 0.261. The molecule has 0 saturated heterocycles. The van der Waals surface area contributed by atoms with E-state index in [4.69, 9.17) is 0 Å². The lowest BCUT2D eigenvalue weighted by atomic mass is 9.95. The number of hydrogen-bond donors (Lipinski definition) is 2. The molecule has 2 saturated carbocycles. The molecule has 0 aromatic heterocycles. The smallest absolute Gasteiger partial charge is 0.220 e. The highest BCUT2D eigenvalue weighted by atomic mass is 16.1. The van der Waals surface area contributed by atoms with Gasteiger partial charge in [-0.15, -0.1) is 0 Å². The van der Waals surface area contributed by atoms with Gasteiger partial charge in [0.1, 0.15) is 0 Å². The van der Waals surface area contributed by atoms with Crippen LogP contribution in [0.2, 0.25) is 0 Å². The van der Waals surface area contributed by atoms with E-state index in [0.717, 1.165) is 19.0 Å². The Labute approximate surface area is 117 Å². The summed E-state index contributed by atoms with van der Waals surface area (Å²) >= 11 is 0. The maximum atomic E-state index is 11.8. The molecule has 110 valence electrons. The van der Waals surface area contributed by atoms with E-state index in [1.807, 2.05) is 0 Å². The fourth-order valence-corrected chi connectivity index (χ4v) is 3.41. The second kappa shape index (κ2) is 8.57. The third-order valence-electron chi connectivity index (χ3n) is 4.59. The van der Waals surface area contributed by atoms with Gasteiger partial charge in [-0.05, 0) is 38.6 Å². The first-order valence-corrected chi connectivity index (χ1v) is 8.37. The van der Waals surface area contributed by atoms with E-state index in [0.29, 0.717) is 12.5 Å². The minimum Gasteiger partial charge on any atom is -0.353 e. The van der Waals surface area contributed by atoms with Crippen LogP contribution in [-0.4, -0.2) is 24.5 Å². The Bertz CT molecular complexity index is 255.